The number of rotatable bonds is 4. The molecule has 0 aliphatic rings. The topological polar surface area (TPSA) is 63.6 Å². The van der Waals surface area contributed by atoms with Crippen LogP contribution in [0.4, 0.5) is 0 Å². The first-order chi connectivity index (χ1) is 7.27. The van der Waals surface area contributed by atoms with Gasteiger partial charge >= 0.3 is 5.97 Å². The molecule has 0 spiro atoms. The van der Waals surface area contributed by atoms with Gasteiger partial charge in [0.15, 0.2) is 0 Å². The lowest BCUT2D eigenvalue weighted by molar-refractivity contribution is -0.139. The molecule has 78 valence electrons. The average molecular weight is 206 g/mol. The molecule has 2 aromatic rings. The molecule has 0 bridgehead atoms. The highest BCUT2D eigenvalue weighted by molar-refractivity contribution is 5.75. The third kappa shape index (κ3) is 2.10. The SMILES string of the molecule is O=C(O)C(Cc1ccco1)c1ccco1. The largest absolute Gasteiger partial charge is 0.481 e. The fourth-order valence-corrected chi connectivity index (χ4v) is 1.43. The summed E-state index contributed by atoms with van der Waals surface area (Å²) >= 11 is 0. The minimum absolute atomic E-state index is 0.301. The summed E-state index contributed by atoms with van der Waals surface area (Å²) in [6.07, 6.45) is 3.29. The van der Waals surface area contributed by atoms with Crippen LogP contribution in [-0.4, -0.2) is 11.1 Å². The summed E-state index contributed by atoms with van der Waals surface area (Å²) in [5.41, 5.74) is 0. The van der Waals surface area contributed by atoms with Crippen molar-refractivity contribution in [2.45, 2.75) is 12.3 Å². The van der Waals surface area contributed by atoms with Gasteiger partial charge in [0.05, 0.1) is 12.5 Å². The Bertz CT molecular complexity index is 413. The number of aliphatic carboxylic acids is 1. The lowest BCUT2D eigenvalue weighted by atomic mass is 10.0. The smallest absolute Gasteiger partial charge is 0.314 e. The molecule has 0 fully saturated rings. The van der Waals surface area contributed by atoms with Crippen LogP contribution >= 0.6 is 0 Å². The van der Waals surface area contributed by atoms with E-state index in [9.17, 15) is 4.79 Å². The maximum atomic E-state index is 11.0. The van der Waals surface area contributed by atoms with Crippen LogP contribution in [0, 0.1) is 0 Å². The van der Waals surface area contributed by atoms with E-state index in [4.69, 9.17) is 13.9 Å². The van der Waals surface area contributed by atoms with Gasteiger partial charge in [0, 0.05) is 6.42 Å². The minimum atomic E-state index is -0.915. The summed E-state index contributed by atoms with van der Waals surface area (Å²) in [6, 6.07) is 6.81. The number of carbonyl (C=O) groups is 1. The van der Waals surface area contributed by atoms with Gasteiger partial charge in [-0.1, -0.05) is 0 Å². The second-order valence-corrected chi connectivity index (χ2v) is 3.19. The van der Waals surface area contributed by atoms with Crippen molar-refractivity contribution < 1.29 is 18.7 Å². The Labute approximate surface area is 86.1 Å². The van der Waals surface area contributed by atoms with Crippen LogP contribution in [-0.2, 0) is 11.2 Å². The van der Waals surface area contributed by atoms with Crippen molar-refractivity contribution in [3.63, 3.8) is 0 Å². The molecule has 2 heterocycles. The maximum Gasteiger partial charge on any atom is 0.314 e. The predicted octanol–water partition coefficient (Wildman–Crippen LogP) is 2.28. The molecule has 1 N–H and O–H groups in total. The van der Waals surface area contributed by atoms with E-state index in [-0.39, 0.29) is 0 Å². The Morgan fingerprint density at radius 3 is 2.53 bits per heavy atom. The van der Waals surface area contributed by atoms with Gasteiger partial charge in [-0.05, 0) is 24.3 Å². The van der Waals surface area contributed by atoms with Crippen molar-refractivity contribution in [2.24, 2.45) is 0 Å². The van der Waals surface area contributed by atoms with Gasteiger partial charge in [-0.15, -0.1) is 0 Å². The number of hydrogen-bond acceptors (Lipinski definition) is 3. The van der Waals surface area contributed by atoms with Crippen LogP contribution in [0.1, 0.15) is 17.4 Å². The first-order valence-electron chi connectivity index (χ1n) is 4.56. The number of furan rings is 2. The summed E-state index contributed by atoms with van der Waals surface area (Å²) in [5, 5.41) is 9.04. The van der Waals surface area contributed by atoms with Crippen LogP contribution in [0.5, 0.6) is 0 Å². The zero-order chi connectivity index (χ0) is 10.7. The lowest BCUT2D eigenvalue weighted by Gasteiger charge is -2.06. The Balaban J connectivity index is 2.18. The quantitative estimate of drug-likeness (QED) is 0.833. The van der Waals surface area contributed by atoms with Crippen LogP contribution in [0.3, 0.4) is 0 Å². The molecule has 0 radical (unpaired) electrons. The van der Waals surface area contributed by atoms with Gasteiger partial charge in [-0.3, -0.25) is 4.79 Å². The van der Waals surface area contributed by atoms with Crippen molar-refractivity contribution in [1.82, 2.24) is 0 Å². The summed E-state index contributed by atoms with van der Waals surface area (Å²) in [7, 11) is 0. The van der Waals surface area contributed by atoms with Gasteiger partial charge in [0.1, 0.15) is 17.4 Å². The maximum absolute atomic E-state index is 11.0. The van der Waals surface area contributed by atoms with Crippen LogP contribution in [0.25, 0.3) is 0 Å². The second-order valence-electron chi connectivity index (χ2n) is 3.19. The lowest BCUT2D eigenvalue weighted by Crippen LogP contribution is -2.13. The van der Waals surface area contributed by atoms with Gasteiger partial charge in [0.25, 0.3) is 0 Å². The van der Waals surface area contributed by atoms with Crippen molar-refractivity contribution >= 4 is 5.97 Å². The Morgan fingerprint density at radius 1 is 1.27 bits per heavy atom. The van der Waals surface area contributed by atoms with Crippen LogP contribution < -0.4 is 0 Å². The first-order valence-corrected chi connectivity index (χ1v) is 4.56. The Hall–Kier alpha value is -1.97. The van der Waals surface area contributed by atoms with Crippen LogP contribution in [0.15, 0.2) is 45.6 Å². The molecule has 0 amide bonds. The monoisotopic (exact) mass is 206 g/mol. The number of hydrogen-bond donors (Lipinski definition) is 1. The minimum Gasteiger partial charge on any atom is -0.481 e. The normalized spacial score (nSPS) is 12.5. The molecule has 0 aromatic carbocycles. The van der Waals surface area contributed by atoms with E-state index in [2.05, 4.69) is 0 Å². The highest BCUT2D eigenvalue weighted by Gasteiger charge is 2.23. The Kier molecular flexibility index (Phi) is 2.58. The van der Waals surface area contributed by atoms with E-state index in [1.165, 1.54) is 12.5 Å². The standard InChI is InChI=1S/C11H10O4/c12-11(13)9(10-4-2-6-15-10)7-8-3-1-5-14-8/h1-6,9H,7H2,(H,12,13). The van der Waals surface area contributed by atoms with Crippen molar-refractivity contribution in [1.29, 1.82) is 0 Å². The molecule has 1 atom stereocenters. The average Bonchev–Trinajstić information content (AvgIpc) is 2.87. The fraction of sp³-hybridized carbons (Fsp3) is 0.182. The molecular weight excluding hydrogens is 196 g/mol. The third-order valence-corrected chi connectivity index (χ3v) is 2.17. The highest BCUT2D eigenvalue weighted by Crippen LogP contribution is 2.21. The summed E-state index contributed by atoms with van der Waals surface area (Å²) in [5.74, 6) is -0.523. The predicted molar refractivity (Wildman–Crippen MR) is 51.5 cm³/mol. The molecule has 0 aliphatic heterocycles. The van der Waals surface area contributed by atoms with Crippen molar-refractivity contribution in [3.8, 4) is 0 Å². The molecule has 1 unspecified atom stereocenters. The van der Waals surface area contributed by atoms with Gasteiger partial charge in [-0.25, -0.2) is 0 Å². The summed E-state index contributed by atoms with van der Waals surface area (Å²) in [6.45, 7) is 0. The molecule has 4 heteroatoms. The van der Waals surface area contributed by atoms with Crippen LogP contribution in [0.2, 0.25) is 0 Å². The first kappa shape index (κ1) is 9.58. The number of carboxylic acid groups (broad SMARTS) is 1. The molecule has 2 aromatic heterocycles. The van der Waals surface area contributed by atoms with E-state index in [0.29, 0.717) is 17.9 Å². The van der Waals surface area contributed by atoms with Gasteiger partial charge < -0.3 is 13.9 Å². The van der Waals surface area contributed by atoms with Crippen molar-refractivity contribution in [3.05, 3.63) is 48.3 Å². The van der Waals surface area contributed by atoms with E-state index in [1.54, 1.807) is 24.3 Å². The zero-order valence-electron chi connectivity index (χ0n) is 7.92. The summed E-state index contributed by atoms with van der Waals surface area (Å²) < 4.78 is 10.2. The molecule has 0 aliphatic carbocycles. The van der Waals surface area contributed by atoms with Crippen molar-refractivity contribution in [2.75, 3.05) is 0 Å². The molecule has 0 saturated carbocycles. The number of carboxylic acids is 1. The fourth-order valence-electron chi connectivity index (χ4n) is 1.43. The summed E-state index contributed by atoms with van der Waals surface area (Å²) in [4.78, 5) is 11.0. The van der Waals surface area contributed by atoms with Gasteiger partial charge in [0.2, 0.25) is 0 Å². The van der Waals surface area contributed by atoms with E-state index in [1.807, 2.05) is 0 Å². The highest BCUT2D eigenvalue weighted by atomic mass is 16.4. The van der Waals surface area contributed by atoms with E-state index >= 15 is 0 Å². The second kappa shape index (κ2) is 4.04. The molecular formula is C11H10O4. The zero-order valence-corrected chi connectivity index (χ0v) is 7.92. The molecule has 0 saturated heterocycles. The molecule has 15 heavy (non-hydrogen) atoms. The molecule has 4 nitrogen and oxygen atoms in total. The van der Waals surface area contributed by atoms with E-state index < -0.39 is 11.9 Å². The van der Waals surface area contributed by atoms with Gasteiger partial charge in [-0.2, -0.15) is 0 Å². The molecule has 2 rings (SSSR count). The van der Waals surface area contributed by atoms with E-state index in [0.717, 1.165) is 0 Å². The Morgan fingerprint density at radius 2 is 2.00 bits per heavy atom. The third-order valence-electron chi connectivity index (χ3n) is 2.17.